The zero-order valence-corrected chi connectivity index (χ0v) is 19.6. The molecule has 0 rings (SSSR count). The molecule has 0 amide bonds. The summed E-state index contributed by atoms with van der Waals surface area (Å²) in [5.41, 5.74) is 0.322. The molecule has 0 aliphatic carbocycles. The Bertz CT molecular complexity index is 757. The van der Waals surface area contributed by atoms with Crippen LogP contribution in [0.4, 0.5) is 0 Å². The highest BCUT2D eigenvalue weighted by Crippen LogP contribution is 2.00. The number of nitrogens with zero attached hydrogens (tertiary/aromatic N) is 2. The molecule has 0 heterocycles. The van der Waals surface area contributed by atoms with Crippen molar-refractivity contribution in [2.45, 2.75) is 13.8 Å². The smallest absolute Gasteiger partial charge is 0.333 e. The monoisotopic (exact) mass is 502 g/mol. The van der Waals surface area contributed by atoms with Crippen molar-refractivity contribution in [3.8, 4) is 0 Å². The lowest BCUT2D eigenvalue weighted by molar-refractivity contribution is -0.154. The van der Waals surface area contributed by atoms with Crippen molar-refractivity contribution in [3.05, 3.63) is 24.3 Å². The first-order valence-corrected chi connectivity index (χ1v) is 10.2. The van der Waals surface area contributed by atoms with Crippen molar-refractivity contribution >= 4 is 35.8 Å². The number of rotatable bonds is 18. The number of hydrogen-bond acceptors (Lipinski definition) is 12. The summed E-state index contributed by atoms with van der Waals surface area (Å²) in [5, 5.41) is 18.2. The van der Waals surface area contributed by atoms with E-state index in [2.05, 4.69) is 13.2 Å². The van der Waals surface area contributed by atoms with E-state index >= 15 is 0 Å². The van der Waals surface area contributed by atoms with E-state index in [0.29, 0.717) is 0 Å². The number of aliphatic carboxylic acids is 2. The Labute approximate surface area is 201 Å². The Hall–Kier alpha value is -3.78. The Kier molecular flexibility index (Phi) is 15.0. The number of esters is 4. The summed E-state index contributed by atoms with van der Waals surface area (Å²) in [7, 11) is 0. The highest BCUT2D eigenvalue weighted by molar-refractivity contribution is 5.87. The third kappa shape index (κ3) is 16.5. The molecule has 0 aromatic heterocycles. The number of carboxylic acid groups (broad SMARTS) is 2. The topological polar surface area (TPSA) is 186 Å². The van der Waals surface area contributed by atoms with Crippen molar-refractivity contribution in [1.82, 2.24) is 9.80 Å². The minimum absolute atomic E-state index is 0.161. The Morgan fingerprint density at radius 1 is 0.600 bits per heavy atom. The summed E-state index contributed by atoms with van der Waals surface area (Å²) < 4.78 is 19.3. The van der Waals surface area contributed by atoms with Crippen LogP contribution in [0.3, 0.4) is 0 Å². The van der Waals surface area contributed by atoms with Crippen molar-refractivity contribution < 1.29 is 57.9 Å². The fourth-order valence-corrected chi connectivity index (χ4v) is 2.26. The Morgan fingerprint density at radius 2 is 0.914 bits per heavy atom. The Morgan fingerprint density at radius 3 is 1.20 bits per heavy atom. The van der Waals surface area contributed by atoms with E-state index in [1.165, 1.54) is 13.8 Å². The van der Waals surface area contributed by atoms with E-state index in [4.69, 9.17) is 29.2 Å². The largest absolute Gasteiger partial charge is 0.480 e. The third-order valence-corrected chi connectivity index (χ3v) is 3.68. The van der Waals surface area contributed by atoms with E-state index in [0.717, 1.165) is 9.80 Å². The molecule has 14 nitrogen and oxygen atoms in total. The zero-order valence-electron chi connectivity index (χ0n) is 19.6. The van der Waals surface area contributed by atoms with Crippen molar-refractivity contribution in [2.75, 3.05) is 59.3 Å². The van der Waals surface area contributed by atoms with Gasteiger partial charge in [0, 0.05) is 11.1 Å². The van der Waals surface area contributed by atoms with E-state index in [-0.39, 0.29) is 37.6 Å². The first kappa shape index (κ1) is 31.2. The summed E-state index contributed by atoms with van der Waals surface area (Å²) in [6.07, 6.45) is 0. The highest BCUT2D eigenvalue weighted by atomic mass is 16.6. The molecule has 0 aromatic carbocycles. The van der Waals surface area contributed by atoms with E-state index < -0.39 is 68.7 Å². The van der Waals surface area contributed by atoms with Crippen LogP contribution in [0.1, 0.15) is 13.8 Å². The zero-order chi connectivity index (χ0) is 27.0. The molecule has 0 aliphatic rings. The highest BCUT2D eigenvalue weighted by Gasteiger charge is 2.22. The summed E-state index contributed by atoms with van der Waals surface area (Å²) >= 11 is 0. The lowest BCUT2D eigenvalue weighted by Crippen LogP contribution is -2.47. The van der Waals surface area contributed by atoms with Crippen LogP contribution in [0, 0.1) is 0 Å². The number of carbonyl (C=O) groups is 6. The average Bonchev–Trinajstić information content (AvgIpc) is 2.72. The van der Waals surface area contributed by atoms with Gasteiger partial charge in [-0.25, -0.2) is 9.59 Å². The second-order valence-corrected chi connectivity index (χ2v) is 7.18. The minimum Gasteiger partial charge on any atom is -0.480 e. The molecule has 196 valence electrons. The van der Waals surface area contributed by atoms with Gasteiger partial charge >= 0.3 is 35.8 Å². The lowest BCUT2D eigenvalue weighted by atomic mass is 10.4. The van der Waals surface area contributed by atoms with Crippen LogP contribution in [0.2, 0.25) is 0 Å². The molecule has 35 heavy (non-hydrogen) atoms. The van der Waals surface area contributed by atoms with Gasteiger partial charge in [0.2, 0.25) is 0 Å². The predicted octanol–water partition coefficient (Wildman–Crippen LogP) is -0.958. The Balaban J connectivity index is 4.82. The molecule has 0 spiro atoms. The molecule has 14 heteroatoms. The van der Waals surface area contributed by atoms with Gasteiger partial charge in [-0.15, -0.1) is 0 Å². The summed E-state index contributed by atoms with van der Waals surface area (Å²) in [6, 6.07) is 0. The molecule has 2 N–H and O–H groups in total. The van der Waals surface area contributed by atoms with Crippen molar-refractivity contribution in [3.63, 3.8) is 0 Å². The van der Waals surface area contributed by atoms with Crippen LogP contribution in [0.15, 0.2) is 24.3 Å². The average molecular weight is 502 g/mol. The standard InChI is InChI=1S/C21H30N2O12/c1-14(2)20(30)34-7-5-32-18(28)11-22(9-16(24)25)13-23(10-17(26)27)12-19(29)33-6-8-35-21(31)15(3)4/h1,3,5-13H2,2,4H3,(H,24,25)(H,26,27). The second kappa shape index (κ2) is 16.8. The molecule has 0 saturated heterocycles. The van der Waals surface area contributed by atoms with Gasteiger partial charge in [-0.05, 0) is 13.8 Å². The maximum Gasteiger partial charge on any atom is 0.333 e. The molecule has 0 fully saturated rings. The fourth-order valence-electron chi connectivity index (χ4n) is 2.26. The second-order valence-electron chi connectivity index (χ2n) is 7.18. The van der Waals surface area contributed by atoms with Gasteiger partial charge in [0.1, 0.15) is 26.4 Å². The van der Waals surface area contributed by atoms with Gasteiger partial charge in [-0.2, -0.15) is 0 Å². The maximum absolute atomic E-state index is 12.0. The molecular weight excluding hydrogens is 472 g/mol. The molecular formula is C21H30N2O12. The van der Waals surface area contributed by atoms with Crippen LogP contribution >= 0.6 is 0 Å². The van der Waals surface area contributed by atoms with Crippen LogP contribution in [0.25, 0.3) is 0 Å². The third-order valence-electron chi connectivity index (χ3n) is 3.68. The van der Waals surface area contributed by atoms with E-state index in [9.17, 15) is 28.8 Å². The molecule has 0 atom stereocenters. The van der Waals surface area contributed by atoms with Gasteiger partial charge in [-0.3, -0.25) is 29.0 Å². The molecule has 0 aliphatic heterocycles. The number of hydrogen-bond donors (Lipinski definition) is 2. The van der Waals surface area contributed by atoms with Gasteiger partial charge in [0.05, 0.1) is 32.8 Å². The number of carboxylic acids is 2. The summed E-state index contributed by atoms with van der Waals surface area (Å²) in [6.45, 7) is 5.76. The van der Waals surface area contributed by atoms with Crippen LogP contribution in [0.5, 0.6) is 0 Å². The van der Waals surface area contributed by atoms with Gasteiger partial charge in [-0.1, -0.05) is 13.2 Å². The van der Waals surface area contributed by atoms with Crippen molar-refractivity contribution in [1.29, 1.82) is 0 Å². The summed E-state index contributed by atoms with van der Waals surface area (Å²) in [4.78, 5) is 71.0. The normalized spacial score (nSPS) is 10.4. The predicted molar refractivity (Wildman–Crippen MR) is 117 cm³/mol. The molecule has 0 bridgehead atoms. The van der Waals surface area contributed by atoms with E-state index in [1.54, 1.807) is 0 Å². The fraction of sp³-hybridized carbons (Fsp3) is 0.524. The van der Waals surface area contributed by atoms with E-state index in [1.807, 2.05) is 0 Å². The minimum atomic E-state index is -1.31. The van der Waals surface area contributed by atoms with Crippen LogP contribution in [-0.2, 0) is 47.7 Å². The van der Waals surface area contributed by atoms with Crippen molar-refractivity contribution in [2.24, 2.45) is 0 Å². The molecule has 0 saturated carbocycles. The number of ether oxygens (including phenoxy) is 4. The van der Waals surface area contributed by atoms with Gasteiger partial charge < -0.3 is 29.2 Å². The SMILES string of the molecule is C=C(C)C(=O)OCCOC(=O)CN(CC(=O)O)CN(CC(=O)O)CC(=O)OCCOC(=O)C(=C)C. The van der Waals surface area contributed by atoms with Crippen LogP contribution < -0.4 is 0 Å². The molecule has 0 aromatic rings. The van der Waals surface area contributed by atoms with Gasteiger partial charge in [0.15, 0.2) is 0 Å². The van der Waals surface area contributed by atoms with Gasteiger partial charge in [0.25, 0.3) is 0 Å². The van der Waals surface area contributed by atoms with Crippen LogP contribution in [-0.4, -0.2) is 115 Å². The first-order chi connectivity index (χ1) is 16.3. The first-order valence-electron chi connectivity index (χ1n) is 10.2. The lowest BCUT2D eigenvalue weighted by Gasteiger charge is -2.27. The molecule has 0 unspecified atom stereocenters. The molecule has 0 radical (unpaired) electrons. The number of carbonyl (C=O) groups excluding carboxylic acids is 4. The summed E-state index contributed by atoms with van der Waals surface area (Å²) in [5.74, 6) is -5.70. The maximum atomic E-state index is 12.0. The quantitative estimate of drug-likeness (QED) is 0.0767.